The minimum absolute atomic E-state index is 0.520. The van der Waals surface area contributed by atoms with E-state index in [0.29, 0.717) is 17.4 Å². The predicted octanol–water partition coefficient (Wildman–Crippen LogP) is 3.63. The quantitative estimate of drug-likeness (QED) is 0.555. The molecule has 0 aliphatic heterocycles. The van der Waals surface area contributed by atoms with E-state index in [2.05, 4.69) is 10.2 Å². The molecule has 0 amide bonds. The van der Waals surface area contributed by atoms with Gasteiger partial charge >= 0.3 is 5.97 Å². The van der Waals surface area contributed by atoms with Crippen molar-refractivity contribution in [2.45, 2.75) is 23.8 Å². The molecule has 1 unspecified atom stereocenters. The molecule has 0 saturated carbocycles. The number of carbonyl (C=O) groups is 1. The lowest BCUT2D eigenvalue weighted by molar-refractivity contribution is -0.136. The Balaban J connectivity index is 1.97. The van der Waals surface area contributed by atoms with E-state index in [1.165, 1.54) is 11.8 Å². The summed E-state index contributed by atoms with van der Waals surface area (Å²) >= 11 is 1.23. The average molecular weight is 352 g/mol. The highest BCUT2D eigenvalue weighted by molar-refractivity contribution is 8.00. The van der Waals surface area contributed by atoms with Crippen LogP contribution in [0.15, 0.2) is 59.8 Å². The highest BCUT2D eigenvalue weighted by atomic mass is 32.2. The molecule has 0 radical (unpaired) electrons. The molecule has 0 fully saturated rings. The molecule has 0 aliphatic carbocycles. The van der Waals surface area contributed by atoms with Crippen LogP contribution in [0.1, 0.15) is 13.3 Å². The standard InChI is InChI=1S/C18H16N4O2S/c1-2-15(16(23)24)25-18-20-19-17-21(12-8-4-3-5-9-12)13-10-6-7-11-14(13)22(17)18/h3-11,15H,2H2,1H3,(H,23,24). The van der Waals surface area contributed by atoms with E-state index in [0.717, 1.165) is 16.7 Å². The third-order valence-corrected chi connectivity index (χ3v) is 5.38. The lowest BCUT2D eigenvalue weighted by atomic mass is 10.3. The van der Waals surface area contributed by atoms with Gasteiger partial charge < -0.3 is 5.11 Å². The van der Waals surface area contributed by atoms with Crippen molar-refractivity contribution in [3.05, 3.63) is 54.6 Å². The topological polar surface area (TPSA) is 72.4 Å². The van der Waals surface area contributed by atoms with Gasteiger partial charge in [-0.05, 0) is 30.7 Å². The fraction of sp³-hybridized carbons (Fsp3) is 0.167. The van der Waals surface area contributed by atoms with Crippen LogP contribution in [0.3, 0.4) is 0 Å². The first-order valence-corrected chi connectivity index (χ1v) is 8.88. The molecular weight excluding hydrogens is 336 g/mol. The number of benzene rings is 2. The third kappa shape index (κ3) is 2.56. The number of para-hydroxylation sites is 3. The van der Waals surface area contributed by atoms with Crippen LogP contribution in [-0.4, -0.2) is 35.5 Å². The van der Waals surface area contributed by atoms with Gasteiger partial charge in [0.25, 0.3) is 0 Å². The highest BCUT2D eigenvalue weighted by Crippen LogP contribution is 2.31. The fourth-order valence-electron chi connectivity index (χ4n) is 2.91. The van der Waals surface area contributed by atoms with Crippen molar-refractivity contribution in [3.8, 4) is 5.69 Å². The molecule has 1 atom stereocenters. The van der Waals surface area contributed by atoms with Gasteiger partial charge in [-0.1, -0.05) is 49.0 Å². The number of carboxylic acids is 1. The van der Waals surface area contributed by atoms with Crippen LogP contribution in [-0.2, 0) is 4.79 Å². The van der Waals surface area contributed by atoms with Crippen molar-refractivity contribution < 1.29 is 9.90 Å². The largest absolute Gasteiger partial charge is 0.480 e. The van der Waals surface area contributed by atoms with Crippen molar-refractivity contribution in [2.24, 2.45) is 0 Å². The number of hydrogen-bond donors (Lipinski definition) is 1. The monoisotopic (exact) mass is 352 g/mol. The summed E-state index contributed by atoms with van der Waals surface area (Å²) in [4.78, 5) is 11.4. The Kier molecular flexibility index (Phi) is 3.93. The molecule has 25 heavy (non-hydrogen) atoms. The Labute approximate surface area is 148 Å². The maximum Gasteiger partial charge on any atom is 0.317 e. The molecule has 126 valence electrons. The molecule has 6 nitrogen and oxygen atoms in total. The van der Waals surface area contributed by atoms with Crippen LogP contribution in [0.2, 0.25) is 0 Å². The van der Waals surface area contributed by atoms with Crippen molar-refractivity contribution >= 4 is 34.5 Å². The number of aliphatic carboxylic acids is 1. The summed E-state index contributed by atoms with van der Waals surface area (Å²) in [6.07, 6.45) is 0.520. The van der Waals surface area contributed by atoms with Gasteiger partial charge in [-0.2, -0.15) is 0 Å². The molecule has 0 spiro atoms. The van der Waals surface area contributed by atoms with E-state index in [9.17, 15) is 9.90 Å². The Morgan fingerprint density at radius 1 is 1.08 bits per heavy atom. The zero-order valence-corrected chi connectivity index (χ0v) is 14.3. The molecule has 2 heterocycles. The van der Waals surface area contributed by atoms with Crippen molar-refractivity contribution in [2.75, 3.05) is 0 Å². The van der Waals surface area contributed by atoms with Crippen molar-refractivity contribution in [3.63, 3.8) is 0 Å². The lowest BCUT2D eigenvalue weighted by Gasteiger charge is -2.06. The molecule has 4 aromatic rings. The Bertz CT molecular complexity index is 1060. The normalized spacial score (nSPS) is 12.7. The van der Waals surface area contributed by atoms with E-state index in [-0.39, 0.29) is 0 Å². The number of carboxylic acid groups (broad SMARTS) is 1. The molecule has 2 aromatic heterocycles. The van der Waals surface area contributed by atoms with Crippen molar-refractivity contribution in [1.29, 1.82) is 0 Å². The molecular formula is C18H16N4O2S. The maximum atomic E-state index is 11.4. The zero-order chi connectivity index (χ0) is 17.4. The van der Waals surface area contributed by atoms with Gasteiger partial charge in [-0.25, -0.2) is 0 Å². The summed E-state index contributed by atoms with van der Waals surface area (Å²) in [6, 6.07) is 17.9. The first-order valence-electron chi connectivity index (χ1n) is 8.00. The SMILES string of the molecule is CCC(Sc1nnc2n(-c3ccccc3)c3ccccc3n12)C(=O)O. The van der Waals surface area contributed by atoms with Gasteiger partial charge in [0.2, 0.25) is 5.78 Å². The van der Waals surface area contributed by atoms with Gasteiger partial charge in [0, 0.05) is 5.69 Å². The minimum Gasteiger partial charge on any atom is -0.480 e. The Morgan fingerprint density at radius 2 is 1.76 bits per heavy atom. The number of nitrogens with zero attached hydrogens (tertiary/aromatic N) is 4. The summed E-state index contributed by atoms with van der Waals surface area (Å²) in [6.45, 7) is 1.86. The van der Waals surface area contributed by atoms with Gasteiger partial charge in [-0.15, -0.1) is 10.2 Å². The van der Waals surface area contributed by atoms with Crippen LogP contribution in [0.25, 0.3) is 22.5 Å². The predicted molar refractivity (Wildman–Crippen MR) is 97.4 cm³/mol. The van der Waals surface area contributed by atoms with E-state index in [1.807, 2.05) is 70.5 Å². The summed E-state index contributed by atoms with van der Waals surface area (Å²) in [5.74, 6) is -0.161. The van der Waals surface area contributed by atoms with Gasteiger partial charge in [-0.3, -0.25) is 13.8 Å². The van der Waals surface area contributed by atoms with E-state index >= 15 is 0 Å². The number of fused-ring (bicyclic) bond motifs is 3. The van der Waals surface area contributed by atoms with Crippen LogP contribution in [0.4, 0.5) is 0 Å². The molecule has 0 saturated heterocycles. The molecule has 1 N–H and O–H groups in total. The second kappa shape index (κ2) is 6.25. The smallest absolute Gasteiger partial charge is 0.317 e. The second-order valence-corrected chi connectivity index (χ2v) is 6.80. The molecule has 4 rings (SSSR count). The van der Waals surface area contributed by atoms with Gasteiger partial charge in [0.15, 0.2) is 5.16 Å². The first kappa shape index (κ1) is 15.7. The van der Waals surface area contributed by atoms with E-state index < -0.39 is 11.2 Å². The number of hydrogen-bond acceptors (Lipinski definition) is 4. The molecule has 0 bridgehead atoms. The highest BCUT2D eigenvalue weighted by Gasteiger charge is 2.23. The van der Waals surface area contributed by atoms with Gasteiger partial charge in [0.1, 0.15) is 5.25 Å². The lowest BCUT2D eigenvalue weighted by Crippen LogP contribution is -2.15. The van der Waals surface area contributed by atoms with E-state index in [1.54, 1.807) is 0 Å². The van der Waals surface area contributed by atoms with E-state index in [4.69, 9.17) is 0 Å². The first-order chi connectivity index (χ1) is 12.2. The van der Waals surface area contributed by atoms with Gasteiger partial charge in [0.05, 0.1) is 11.0 Å². The fourth-order valence-corrected chi connectivity index (χ4v) is 3.81. The summed E-state index contributed by atoms with van der Waals surface area (Å²) in [7, 11) is 0. The zero-order valence-electron chi connectivity index (χ0n) is 13.5. The Hall–Kier alpha value is -2.80. The number of aromatic nitrogens is 4. The minimum atomic E-state index is -0.837. The van der Waals surface area contributed by atoms with Crippen LogP contribution in [0.5, 0.6) is 0 Å². The number of rotatable bonds is 5. The third-order valence-electron chi connectivity index (χ3n) is 4.09. The van der Waals surface area contributed by atoms with Crippen LogP contribution in [0, 0.1) is 0 Å². The molecule has 7 heteroatoms. The summed E-state index contributed by atoms with van der Waals surface area (Å²) in [5, 5.41) is 18.0. The summed E-state index contributed by atoms with van der Waals surface area (Å²) < 4.78 is 3.96. The maximum absolute atomic E-state index is 11.4. The van der Waals surface area contributed by atoms with Crippen LogP contribution < -0.4 is 0 Å². The number of imidazole rings is 1. The Morgan fingerprint density at radius 3 is 2.44 bits per heavy atom. The van der Waals surface area contributed by atoms with Crippen LogP contribution >= 0.6 is 11.8 Å². The van der Waals surface area contributed by atoms with Crippen molar-refractivity contribution in [1.82, 2.24) is 19.2 Å². The second-order valence-electron chi connectivity index (χ2n) is 5.63. The number of thioether (sulfide) groups is 1. The average Bonchev–Trinajstić information content (AvgIpc) is 3.18. The summed E-state index contributed by atoms with van der Waals surface area (Å²) in [5.41, 5.74) is 2.95. The molecule has 2 aromatic carbocycles. The molecule has 0 aliphatic rings.